The molecule has 0 fully saturated rings. The van der Waals surface area contributed by atoms with Crippen LogP contribution in [-0.2, 0) is 0 Å². The van der Waals surface area contributed by atoms with Crippen molar-refractivity contribution in [1.29, 1.82) is 0 Å². The van der Waals surface area contributed by atoms with Gasteiger partial charge in [0.15, 0.2) is 0 Å². The van der Waals surface area contributed by atoms with Gasteiger partial charge in [-0.15, -0.1) is 0 Å². The summed E-state index contributed by atoms with van der Waals surface area (Å²) >= 11 is 3.43. The number of benzene rings is 2. The molecule has 0 aliphatic carbocycles. The highest BCUT2D eigenvalue weighted by Crippen LogP contribution is 2.30. The van der Waals surface area contributed by atoms with E-state index in [1.807, 2.05) is 42.5 Å². The second kappa shape index (κ2) is 5.10. The van der Waals surface area contributed by atoms with Crippen LogP contribution in [-0.4, -0.2) is 7.11 Å². The highest BCUT2D eigenvalue weighted by molar-refractivity contribution is 9.10. The number of halogens is 1. The van der Waals surface area contributed by atoms with Crippen LogP contribution in [0.1, 0.15) is 0 Å². The summed E-state index contributed by atoms with van der Waals surface area (Å²) < 4.78 is 6.28. The Morgan fingerprint density at radius 1 is 1.12 bits per heavy atom. The first kappa shape index (κ1) is 11.8. The summed E-state index contributed by atoms with van der Waals surface area (Å²) in [4.78, 5) is 0. The third kappa shape index (κ3) is 2.91. The van der Waals surface area contributed by atoms with E-state index < -0.39 is 0 Å². The first-order valence-corrected chi connectivity index (χ1v) is 5.94. The highest BCUT2D eigenvalue weighted by Gasteiger charge is 2.03. The van der Waals surface area contributed by atoms with Gasteiger partial charge in [0.05, 0.1) is 12.8 Å². The molecule has 0 saturated heterocycles. The molecule has 2 aromatic carbocycles. The molecule has 2 aromatic rings. The molecule has 2 rings (SSSR count). The Labute approximate surface area is 109 Å². The van der Waals surface area contributed by atoms with Crippen LogP contribution in [0.25, 0.3) is 0 Å². The SMILES string of the molecule is COc1ccc(Br)cc1Nc1ccc(N)cc1. The Morgan fingerprint density at radius 3 is 2.47 bits per heavy atom. The van der Waals surface area contributed by atoms with Gasteiger partial charge in [0.25, 0.3) is 0 Å². The minimum atomic E-state index is 0.747. The maximum atomic E-state index is 5.64. The predicted molar refractivity (Wildman–Crippen MR) is 74.8 cm³/mol. The Kier molecular flexibility index (Phi) is 3.54. The van der Waals surface area contributed by atoms with Crippen LogP contribution in [0.5, 0.6) is 5.75 Å². The van der Waals surface area contributed by atoms with E-state index in [4.69, 9.17) is 10.5 Å². The quantitative estimate of drug-likeness (QED) is 0.847. The van der Waals surface area contributed by atoms with Crippen molar-refractivity contribution in [3.8, 4) is 5.75 Å². The molecule has 0 spiro atoms. The third-order valence-electron chi connectivity index (χ3n) is 2.35. The van der Waals surface area contributed by atoms with E-state index in [-0.39, 0.29) is 0 Å². The molecule has 3 nitrogen and oxygen atoms in total. The number of hydrogen-bond acceptors (Lipinski definition) is 3. The zero-order chi connectivity index (χ0) is 12.3. The number of nitrogen functional groups attached to an aromatic ring is 1. The summed E-state index contributed by atoms with van der Waals surface area (Å²) in [5, 5.41) is 3.28. The topological polar surface area (TPSA) is 47.3 Å². The van der Waals surface area contributed by atoms with Crippen molar-refractivity contribution in [2.75, 3.05) is 18.2 Å². The molecule has 0 bridgehead atoms. The zero-order valence-corrected chi connectivity index (χ0v) is 11.0. The van der Waals surface area contributed by atoms with E-state index in [0.29, 0.717) is 0 Å². The van der Waals surface area contributed by atoms with Gasteiger partial charge >= 0.3 is 0 Å². The minimum Gasteiger partial charge on any atom is -0.495 e. The van der Waals surface area contributed by atoms with Crippen LogP contribution in [0.2, 0.25) is 0 Å². The predicted octanol–water partition coefficient (Wildman–Crippen LogP) is 3.78. The van der Waals surface area contributed by atoms with Crippen molar-refractivity contribution < 1.29 is 4.74 Å². The lowest BCUT2D eigenvalue weighted by molar-refractivity contribution is 0.417. The summed E-state index contributed by atoms with van der Waals surface area (Å²) in [5.41, 5.74) is 8.26. The Bertz CT molecular complexity index is 511. The summed E-state index contributed by atoms with van der Waals surface area (Å²) in [7, 11) is 1.65. The number of rotatable bonds is 3. The van der Waals surface area contributed by atoms with Gasteiger partial charge < -0.3 is 15.8 Å². The van der Waals surface area contributed by atoms with Crippen molar-refractivity contribution in [2.24, 2.45) is 0 Å². The molecule has 0 heterocycles. The summed E-state index contributed by atoms with van der Waals surface area (Å²) in [6.45, 7) is 0. The van der Waals surface area contributed by atoms with Crippen molar-refractivity contribution in [2.45, 2.75) is 0 Å². The van der Waals surface area contributed by atoms with E-state index in [9.17, 15) is 0 Å². The first-order valence-electron chi connectivity index (χ1n) is 5.15. The van der Waals surface area contributed by atoms with Crippen LogP contribution in [0.4, 0.5) is 17.1 Å². The number of ether oxygens (including phenoxy) is 1. The van der Waals surface area contributed by atoms with Crippen molar-refractivity contribution in [1.82, 2.24) is 0 Å². The zero-order valence-electron chi connectivity index (χ0n) is 9.41. The van der Waals surface area contributed by atoms with Gasteiger partial charge in [-0.2, -0.15) is 0 Å². The van der Waals surface area contributed by atoms with E-state index in [1.54, 1.807) is 7.11 Å². The maximum Gasteiger partial charge on any atom is 0.142 e. The van der Waals surface area contributed by atoms with Gasteiger partial charge in [0.2, 0.25) is 0 Å². The lowest BCUT2D eigenvalue weighted by Crippen LogP contribution is -1.95. The molecule has 88 valence electrons. The Morgan fingerprint density at radius 2 is 1.82 bits per heavy atom. The fourth-order valence-electron chi connectivity index (χ4n) is 1.50. The van der Waals surface area contributed by atoms with Crippen LogP contribution in [0, 0.1) is 0 Å². The number of methoxy groups -OCH3 is 1. The summed E-state index contributed by atoms with van der Waals surface area (Å²) in [5.74, 6) is 0.796. The molecular formula is C13H13BrN2O. The first-order chi connectivity index (χ1) is 8.19. The lowest BCUT2D eigenvalue weighted by atomic mass is 10.2. The Hall–Kier alpha value is -1.68. The van der Waals surface area contributed by atoms with E-state index in [2.05, 4.69) is 21.2 Å². The number of nitrogens with one attached hydrogen (secondary N) is 1. The fourth-order valence-corrected chi connectivity index (χ4v) is 1.86. The number of hydrogen-bond donors (Lipinski definition) is 2. The average molecular weight is 293 g/mol. The van der Waals surface area contributed by atoms with Crippen molar-refractivity contribution in [3.63, 3.8) is 0 Å². The van der Waals surface area contributed by atoms with Crippen LogP contribution in [0.15, 0.2) is 46.9 Å². The fraction of sp³-hybridized carbons (Fsp3) is 0.0769. The molecule has 0 aliphatic heterocycles. The van der Waals surface area contributed by atoms with E-state index >= 15 is 0 Å². The molecule has 3 N–H and O–H groups in total. The van der Waals surface area contributed by atoms with Crippen molar-refractivity contribution >= 4 is 33.0 Å². The second-order valence-corrected chi connectivity index (χ2v) is 4.51. The Balaban J connectivity index is 2.28. The molecule has 0 unspecified atom stereocenters. The third-order valence-corrected chi connectivity index (χ3v) is 2.84. The smallest absolute Gasteiger partial charge is 0.142 e. The van der Waals surface area contributed by atoms with Gasteiger partial charge in [-0.05, 0) is 42.5 Å². The van der Waals surface area contributed by atoms with Gasteiger partial charge in [-0.25, -0.2) is 0 Å². The maximum absolute atomic E-state index is 5.64. The number of nitrogens with two attached hydrogens (primary N) is 1. The van der Waals surface area contributed by atoms with E-state index in [0.717, 1.165) is 27.3 Å². The lowest BCUT2D eigenvalue weighted by Gasteiger charge is -2.11. The van der Waals surface area contributed by atoms with Crippen LogP contribution >= 0.6 is 15.9 Å². The van der Waals surface area contributed by atoms with Crippen LogP contribution < -0.4 is 15.8 Å². The van der Waals surface area contributed by atoms with Gasteiger partial charge in [0, 0.05) is 15.8 Å². The normalized spacial score (nSPS) is 10.0. The molecule has 0 saturated carbocycles. The standard InChI is InChI=1S/C13H13BrN2O/c1-17-13-7-2-9(14)8-12(13)16-11-5-3-10(15)4-6-11/h2-8,16H,15H2,1H3. The van der Waals surface area contributed by atoms with Crippen molar-refractivity contribution in [3.05, 3.63) is 46.9 Å². The van der Waals surface area contributed by atoms with Gasteiger partial charge in [0.1, 0.15) is 5.75 Å². The number of anilines is 3. The summed E-state index contributed by atoms with van der Waals surface area (Å²) in [6.07, 6.45) is 0. The average Bonchev–Trinajstić information content (AvgIpc) is 2.32. The molecule has 0 radical (unpaired) electrons. The molecule has 0 aromatic heterocycles. The van der Waals surface area contributed by atoms with Gasteiger partial charge in [-0.1, -0.05) is 15.9 Å². The minimum absolute atomic E-state index is 0.747. The van der Waals surface area contributed by atoms with E-state index in [1.165, 1.54) is 0 Å². The highest BCUT2D eigenvalue weighted by atomic mass is 79.9. The molecule has 4 heteroatoms. The summed E-state index contributed by atoms with van der Waals surface area (Å²) in [6, 6.07) is 13.4. The van der Waals surface area contributed by atoms with Gasteiger partial charge in [-0.3, -0.25) is 0 Å². The second-order valence-electron chi connectivity index (χ2n) is 3.59. The molecular weight excluding hydrogens is 280 g/mol. The molecule has 0 amide bonds. The molecule has 17 heavy (non-hydrogen) atoms. The largest absolute Gasteiger partial charge is 0.495 e. The monoisotopic (exact) mass is 292 g/mol. The molecule has 0 atom stereocenters. The van der Waals surface area contributed by atoms with Crippen LogP contribution in [0.3, 0.4) is 0 Å². The molecule has 0 aliphatic rings.